The van der Waals surface area contributed by atoms with Gasteiger partial charge in [-0.05, 0) is 6.42 Å². The van der Waals surface area contributed by atoms with Crippen LogP contribution in [0.4, 0.5) is 0 Å². The molecule has 43 heavy (non-hydrogen) atoms. The predicted octanol–water partition coefficient (Wildman–Crippen LogP) is 3.45. The summed E-state index contributed by atoms with van der Waals surface area (Å²) in [5.41, 5.74) is 0. The zero-order chi connectivity index (χ0) is 31.2. The highest BCUT2D eigenvalue weighted by atomic mass is 79.9. The molecule has 0 rings (SSSR count). The summed E-state index contributed by atoms with van der Waals surface area (Å²) >= 11 is 3.30. The first-order chi connectivity index (χ1) is 21.3. The van der Waals surface area contributed by atoms with Crippen LogP contribution < -0.4 is 0 Å². The summed E-state index contributed by atoms with van der Waals surface area (Å²) in [4.78, 5) is 11.6. The number of carbonyl (C=O) groups is 1. The highest BCUT2D eigenvalue weighted by Gasteiger charge is 2.02. The van der Waals surface area contributed by atoms with Crippen molar-refractivity contribution in [3.8, 4) is 0 Å². The highest BCUT2D eigenvalue weighted by molar-refractivity contribution is 9.09. The molecule has 0 radical (unpaired) electrons. The van der Waals surface area contributed by atoms with Gasteiger partial charge in [-0.15, -0.1) is 0 Å². The molecule has 0 fully saturated rings. The molecule has 0 heterocycles. The number of carbonyl (C=O) groups excluding carboxylic acids is 1. The van der Waals surface area contributed by atoms with Crippen molar-refractivity contribution >= 4 is 21.9 Å². The molecule has 0 saturated carbocycles. The minimum absolute atomic E-state index is 0.146. The Bertz CT molecular complexity index is 533. The SMILES string of the molecule is CCCCCCCC(=O)OCCOCCOCCOCCOCCOCCOCCOCCOCCOCCOCCBr. The molecule has 0 aromatic carbocycles. The lowest BCUT2D eigenvalue weighted by Crippen LogP contribution is -2.15. The summed E-state index contributed by atoms with van der Waals surface area (Å²) in [5, 5.41) is 0.836. The van der Waals surface area contributed by atoms with E-state index in [4.69, 9.17) is 52.1 Å². The normalized spacial score (nSPS) is 11.4. The zero-order valence-electron chi connectivity index (χ0n) is 26.6. The van der Waals surface area contributed by atoms with Crippen LogP contribution in [0.1, 0.15) is 45.4 Å². The molecule has 0 atom stereocenters. The Kier molecular flexibility index (Phi) is 39.2. The quantitative estimate of drug-likeness (QED) is 0.0536. The van der Waals surface area contributed by atoms with Crippen molar-refractivity contribution in [2.45, 2.75) is 45.4 Å². The van der Waals surface area contributed by atoms with E-state index in [0.29, 0.717) is 139 Å². The average Bonchev–Trinajstić information content (AvgIpc) is 3.01. The van der Waals surface area contributed by atoms with Crippen molar-refractivity contribution in [3.63, 3.8) is 0 Å². The van der Waals surface area contributed by atoms with Crippen molar-refractivity contribution in [2.24, 2.45) is 0 Å². The van der Waals surface area contributed by atoms with Gasteiger partial charge in [0.25, 0.3) is 0 Å². The highest BCUT2D eigenvalue weighted by Crippen LogP contribution is 2.05. The van der Waals surface area contributed by atoms with Crippen LogP contribution in [0.2, 0.25) is 0 Å². The minimum atomic E-state index is -0.146. The first-order valence-corrected chi connectivity index (χ1v) is 16.9. The van der Waals surface area contributed by atoms with Gasteiger partial charge in [-0.3, -0.25) is 4.79 Å². The summed E-state index contributed by atoms with van der Waals surface area (Å²) in [5.74, 6) is -0.146. The molecule has 0 amide bonds. The fourth-order valence-corrected chi connectivity index (χ4v) is 3.52. The fourth-order valence-electron chi connectivity index (χ4n) is 3.30. The number of alkyl halides is 1. The number of halogens is 1. The molecular weight excluding hydrogens is 632 g/mol. The molecule has 0 saturated heterocycles. The van der Waals surface area contributed by atoms with E-state index >= 15 is 0 Å². The second-order valence-corrected chi connectivity index (χ2v) is 9.99. The molecule has 0 spiro atoms. The number of hydrogen-bond donors (Lipinski definition) is 0. The third kappa shape index (κ3) is 39.5. The summed E-state index contributed by atoms with van der Waals surface area (Å²) in [6, 6.07) is 0. The van der Waals surface area contributed by atoms with Crippen LogP contribution in [0.15, 0.2) is 0 Å². The summed E-state index contributed by atoms with van der Waals surface area (Å²) < 4.78 is 59.4. The summed E-state index contributed by atoms with van der Waals surface area (Å²) in [6.45, 7) is 12.8. The van der Waals surface area contributed by atoms with Crippen LogP contribution in [-0.4, -0.2) is 150 Å². The lowest BCUT2D eigenvalue weighted by molar-refractivity contribution is -0.145. The first-order valence-electron chi connectivity index (χ1n) is 15.8. The van der Waals surface area contributed by atoms with Crippen LogP contribution in [0.3, 0.4) is 0 Å². The van der Waals surface area contributed by atoms with Gasteiger partial charge in [-0.2, -0.15) is 0 Å². The number of hydrogen-bond acceptors (Lipinski definition) is 12. The number of rotatable bonds is 38. The molecule has 0 aromatic rings. The monoisotopic (exact) mass is 690 g/mol. The zero-order valence-corrected chi connectivity index (χ0v) is 28.2. The molecule has 0 N–H and O–H groups in total. The van der Waals surface area contributed by atoms with Gasteiger partial charge in [0.05, 0.1) is 132 Å². The molecule has 0 aliphatic heterocycles. The first kappa shape index (κ1) is 42.6. The molecule has 0 bridgehead atoms. The van der Waals surface area contributed by atoms with E-state index in [1.807, 2.05) is 0 Å². The Labute approximate surface area is 268 Å². The fraction of sp³-hybridized carbons (Fsp3) is 0.967. The Balaban J connectivity index is 3.08. The number of esters is 1. The van der Waals surface area contributed by atoms with Gasteiger partial charge >= 0.3 is 5.97 Å². The van der Waals surface area contributed by atoms with Gasteiger partial charge in [-0.1, -0.05) is 48.5 Å². The Morgan fingerprint density at radius 1 is 0.395 bits per heavy atom. The molecule has 258 valence electrons. The lowest BCUT2D eigenvalue weighted by atomic mass is 10.1. The smallest absolute Gasteiger partial charge is 0.305 e. The van der Waals surface area contributed by atoms with Gasteiger partial charge in [0, 0.05) is 11.8 Å². The number of unbranched alkanes of at least 4 members (excludes halogenated alkanes) is 4. The maximum atomic E-state index is 11.6. The van der Waals surface area contributed by atoms with Crippen LogP contribution in [-0.2, 0) is 56.9 Å². The second kappa shape index (κ2) is 39.6. The standard InChI is InChI=1S/C30H59BrO12/c1-2-3-4-5-6-7-30(32)43-29-28-42-27-26-41-25-24-40-23-22-39-21-20-38-19-18-37-17-16-36-15-14-35-13-12-34-11-10-33-9-8-31/h2-29H2,1H3. The van der Waals surface area contributed by atoms with Crippen LogP contribution in [0.25, 0.3) is 0 Å². The van der Waals surface area contributed by atoms with Gasteiger partial charge in [0.15, 0.2) is 0 Å². The molecule has 0 aliphatic rings. The molecule has 12 nitrogen and oxygen atoms in total. The maximum Gasteiger partial charge on any atom is 0.305 e. The van der Waals surface area contributed by atoms with Crippen molar-refractivity contribution < 1.29 is 56.9 Å². The summed E-state index contributed by atoms with van der Waals surface area (Å²) in [7, 11) is 0. The Morgan fingerprint density at radius 3 is 0.977 bits per heavy atom. The maximum absolute atomic E-state index is 11.6. The van der Waals surface area contributed by atoms with Gasteiger partial charge in [0.1, 0.15) is 6.61 Å². The lowest BCUT2D eigenvalue weighted by Gasteiger charge is -2.09. The van der Waals surface area contributed by atoms with E-state index in [9.17, 15) is 4.79 Å². The largest absolute Gasteiger partial charge is 0.463 e. The third-order valence-corrected chi connectivity index (χ3v) is 5.87. The van der Waals surface area contributed by atoms with E-state index in [1.54, 1.807) is 0 Å². The van der Waals surface area contributed by atoms with Crippen LogP contribution in [0.5, 0.6) is 0 Å². The molecule has 0 unspecified atom stereocenters. The van der Waals surface area contributed by atoms with Crippen molar-refractivity contribution in [3.05, 3.63) is 0 Å². The van der Waals surface area contributed by atoms with Crippen molar-refractivity contribution in [1.82, 2.24) is 0 Å². The molecular formula is C30H59BrO12. The van der Waals surface area contributed by atoms with Crippen molar-refractivity contribution in [1.29, 1.82) is 0 Å². The average molecular weight is 692 g/mol. The van der Waals surface area contributed by atoms with E-state index < -0.39 is 0 Å². The molecule has 0 aromatic heterocycles. The molecule has 0 aliphatic carbocycles. The second-order valence-electron chi connectivity index (χ2n) is 9.20. The van der Waals surface area contributed by atoms with E-state index in [1.165, 1.54) is 19.3 Å². The van der Waals surface area contributed by atoms with Crippen LogP contribution >= 0.6 is 15.9 Å². The number of ether oxygens (including phenoxy) is 11. The Hall–Kier alpha value is -0.450. The van der Waals surface area contributed by atoms with Gasteiger partial charge in [-0.25, -0.2) is 0 Å². The summed E-state index contributed by atoms with van der Waals surface area (Å²) in [6.07, 6.45) is 6.08. The Morgan fingerprint density at radius 2 is 0.674 bits per heavy atom. The molecule has 13 heteroatoms. The van der Waals surface area contributed by atoms with Crippen LogP contribution in [0, 0.1) is 0 Å². The minimum Gasteiger partial charge on any atom is -0.463 e. The third-order valence-electron chi connectivity index (χ3n) is 5.54. The topological polar surface area (TPSA) is 119 Å². The van der Waals surface area contributed by atoms with Gasteiger partial charge < -0.3 is 52.1 Å². The van der Waals surface area contributed by atoms with Gasteiger partial charge in [0.2, 0.25) is 0 Å². The van der Waals surface area contributed by atoms with Crippen molar-refractivity contribution in [2.75, 3.05) is 144 Å². The van der Waals surface area contributed by atoms with E-state index in [2.05, 4.69) is 22.9 Å². The van der Waals surface area contributed by atoms with E-state index in [-0.39, 0.29) is 12.6 Å². The van der Waals surface area contributed by atoms with E-state index in [0.717, 1.165) is 18.2 Å². The predicted molar refractivity (Wildman–Crippen MR) is 166 cm³/mol.